The molecule has 0 atom stereocenters. The second-order valence-electron chi connectivity index (χ2n) is 6.27. The zero-order valence-corrected chi connectivity index (χ0v) is 15.6. The smallest absolute Gasteiger partial charge is 0.488 e. The molecule has 7 heteroatoms. The molecule has 154 valence electrons. The Hall–Kier alpha value is -3.74. The molecule has 0 spiro atoms. The van der Waals surface area contributed by atoms with E-state index in [9.17, 15) is 18.0 Å². The summed E-state index contributed by atoms with van der Waals surface area (Å²) in [6.45, 7) is 0.303. The maximum atomic E-state index is 12.3. The van der Waals surface area contributed by atoms with E-state index in [0.29, 0.717) is 29.0 Å². The summed E-state index contributed by atoms with van der Waals surface area (Å²) in [5.41, 5.74) is 2.81. The summed E-state index contributed by atoms with van der Waals surface area (Å²) in [5.74, 6) is -0.944. The van der Waals surface area contributed by atoms with Crippen molar-refractivity contribution >= 4 is 12.0 Å². The van der Waals surface area contributed by atoms with Crippen LogP contribution in [0.5, 0.6) is 11.5 Å². The van der Waals surface area contributed by atoms with E-state index in [1.165, 1.54) is 30.3 Å². The van der Waals surface area contributed by atoms with E-state index in [0.717, 1.165) is 11.6 Å². The van der Waals surface area contributed by atoms with E-state index in [-0.39, 0.29) is 5.75 Å². The third kappa shape index (κ3) is 6.13. The number of halogens is 3. The van der Waals surface area contributed by atoms with Crippen LogP contribution in [0, 0.1) is 0 Å². The van der Waals surface area contributed by atoms with E-state index >= 15 is 0 Å². The largest absolute Gasteiger partial charge is 0.573 e. The molecular formula is C23H17F3O4. The molecule has 0 aromatic heterocycles. The van der Waals surface area contributed by atoms with Crippen LogP contribution in [-0.2, 0) is 11.4 Å². The van der Waals surface area contributed by atoms with Crippen molar-refractivity contribution in [2.24, 2.45) is 0 Å². The van der Waals surface area contributed by atoms with Crippen LogP contribution in [0.3, 0.4) is 0 Å². The number of benzene rings is 3. The lowest BCUT2D eigenvalue weighted by atomic mass is 10.0. The Bertz CT molecular complexity index is 1030. The number of hydrogen-bond donors (Lipinski definition) is 1. The maximum absolute atomic E-state index is 12.3. The van der Waals surface area contributed by atoms with Gasteiger partial charge in [0.1, 0.15) is 18.1 Å². The lowest BCUT2D eigenvalue weighted by Gasteiger charge is -2.12. The normalized spacial score (nSPS) is 11.4. The predicted molar refractivity (Wildman–Crippen MR) is 106 cm³/mol. The molecule has 0 amide bonds. The van der Waals surface area contributed by atoms with Crippen LogP contribution in [0.25, 0.3) is 17.2 Å². The number of ether oxygens (including phenoxy) is 2. The molecule has 0 bridgehead atoms. The monoisotopic (exact) mass is 414 g/mol. The van der Waals surface area contributed by atoms with Gasteiger partial charge in [0.15, 0.2) is 0 Å². The molecule has 3 aromatic carbocycles. The predicted octanol–water partition coefficient (Wildman–Crippen LogP) is 5.93. The van der Waals surface area contributed by atoms with Gasteiger partial charge in [0.2, 0.25) is 0 Å². The van der Waals surface area contributed by atoms with E-state index in [1.807, 2.05) is 30.3 Å². The molecule has 1 N–H and O–H groups in total. The lowest BCUT2D eigenvalue weighted by molar-refractivity contribution is -0.274. The highest BCUT2D eigenvalue weighted by molar-refractivity contribution is 5.86. The van der Waals surface area contributed by atoms with Crippen molar-refractivity contribution in [3.63, 3.8) is 0 Å². The summed E-state index contributed by atoms with van der Waals surface area (Å²) in [7, 11) is 0. The second kappa shape index (κ2) is 9.17. The van der Waals surface area contributed by atoms with Gasteiger partial charge in [-0.25, -0.2) is 4.79 Å². The average molecular weight is 414 g/mol. The van der Waals surface area contributed by atoms with Crippen molar-refractivity contribution in [2.75, 3.05) is 0 Å². The third-order valence-corrected chi connectivity index (χ3v) is 4.07. The van der Waals surface area contributed by atoms with E-state index in [2.05, 4.69) is 4.74 Å². The van der Waals surface area contributed by atoms with Crippen molar-refractivity contribution in [1.29, 1.82) is 0 Å². The average Bonchev–Trinajstić information content (AvgIpc) is 2.71. The molecule has 0 aliphatic carbocycles. The van der Waals surface area contributed by atoms with E-state index in [4.69, 9.17) is 9.84 Å². The first-order chi connectivity index (χ1) is 14.3. The van der Waals surface area contributed by atoms with Gasteiger partial charge in [0.25, 0.3) is 0 Å². The van der Waals surface area contributed by atoms with Gasteiger partial charge in [0.05, 0.1) is 0 Å². The fourth-order valence-electron chi connectivity index (χ4n) is 2.74. The molecule has 0 heterocycles. The van der Waals surface area contributed by atoms with Crippen LogP contribution in [0.1, 0.15) is 11.1 Å². The minimum Gasteiger partial charge on any atom is -0.488 e. The Labute approximate surface area is 170 Å². The Balaban J connectivity index is 1.85. The van der Waals surface area contributed by atoms with Crippen LogP contribution >= 0.6 is 0 Å². The first-order valence-electron chi connectivity index (χ1n) is 8.88. The molecule has 3 rings (SSSR count). The van der Waals surface area contributed by atoms with Gasteiger partial charge in [-0.05, 0) is 47.0 Å². The number of carboxylic acids is 1. The molecular weight excluding hydrogens is 397 g/mol. The Morgan fingerprint density at radius 3 is 2.23 bits per heavy atom. The van der Waals surface area contributed by atoms with Crippen LogP contribution in [0.4, 0.5) is 13.2 Å². The summed E-state index contributed by atoms with van der Waals surface area (Å²) in [6.07, 6.45) is -2.35. The summed E-state index contributed by atoms with van der Waals surface area (Å²) in [5, 5.41) is 8.95. The van der Waals surface area contributed by atoms with Gasteiger partial charge in [0, 0.05) is 11.6 Å². The van der Waals surface area contributed by atoms with E-state index in [1.54, 1.807) is 18.2 Å². The molecule has 4 nitrogen and oxygen atoms in total. The minimum absolute atomic E-state index is 0.303. The van der Waals surface area contributed by atoms with Crippen molar-refractivity contribution in [3.05, 3.63) is 90.0 Å². The van der Waals surface area contributed by atoms with Crippen molar-refractivity contribution in [1.82, 2.24) is 0 Å². The van der Waals surface area contributed by atoms with Gasteiger partial charge in [-0.2, -0.15) is 0 Å². The number of alkyl halides is 3. The molecule has 0 saturated carbocycles. The molecule has 0 radical (unpaired) electrons. The fraction of sp³-hybridized carbons (Fsp3) is 0.0870. The van der Waals surface area contributed by atoms with Crippen LogP contribution in [-0.4, -0.2) is 17.4 Å². The van der Waals surface area contributed by atoms with Gasteiger partial charge in [-0.15, -0.1) is 13.2 Å². The van der Waals surface area contributed by atoms with Gasteiger partial charge in [-0.1, -0.05) is 48.5 Å². The van der Waals surface area contributed by atoms with Crippen LogP contribution in [0.15, 0.2) is 78.9 Å². The minimum atomic E-state index is -4.76. The molecule has 30 heavy (non-hydrogen) atoms. The SMILES string of the molecule is O=C(O)/C=C\c1cc(-c2ccc(OC(F)(F)F)cc2)ccc1OCc1ccccc1. The van der Waals surface area contributed by atoms with Gasteiger partial charge >= 0.3 is 12.3 Å². The standard InChI is InChI=1S/C23H17F3O4/c24-23(25,26)30-20-10-6-17(7-11-20)18-8-12-21(19(14-18)9-13-22(27)28)29-15-16-4-2-1-3-5-16/h1-14H,15H2,(H,27,28)/b13-9-. The molecule has 0 aliphatic heterocycles. The fourth-order valence-corrected chi connectivity index (χ4v) is 2.74. The maximum Gasteiger partial charge on any atom is 0.573 e. The molecule has 0 saturated heterocycles. The highest BCUT2D eigenvalue weighted by atomic mass is 19.4. The highest BCUT2D eigenvalue weighted by Gasteiger charge is 2.30. The number of rotatable bonds is 7. The van der Waals surface area contributed by atoms with Gasteiger partial charge < -0.3 is 14.6 Å². The zero-order valence-electron chi connectivity index (χ0n) is 15.6. The quantitative estimate of drug-likeness (QED) is 0.487. The summed E-state index contributed by atoms with van der Waals surface area (Å²) >= 11 is 0. The zero-order chi connectivity index (χ0) is 21.6. The number of carbonyl (C=O) groups is 1. The molecule has 3 aromatic rings. The van der Waals surface area contributed by atoms with Crippen molar-refractivity contribution in [2.45, 2.75) is 13.0 Å². The summed E-state index contributed by atoms with van der Waals surface area (Å²) < 4.78 is 46.7. The second-order valence-corrected chi connectivity index (χ2v) is 6.27. The third-order valence-electron chi connectivity index (χ3n) is 4.07. The Kier molecular flexibility index (Phi) is 6.41. The summed E-state index contributed by atoms with van der Waals surface area (Å²) in [4.78, 5) is 10.9. The summed E-state index contributed by atoms with van der Waals surface area (Å²) in [6, 6.07) is 20.1. The first kappa shape index (κ1) is 21.0. The number of aliphatic carboxylic acids is 1. The molecule has 0 aliphatic rings. The topological polar surface area (TPSA) is 55.8 Å². The van der Waals surface area contributed by atoms with Gasteiger partial charge in [-0.3, -0.25) is 0 Å². The highest BCUT2D eigenvalue weighted by Crippen LogP contribution is 2.30. The Morgan fingerprint density at radius 1 is 0.933 bits per heavy atom. The number of carboxylic acid groups (broad SMARTS) is 1. The van der Waals surface area contributed by atoms with Crippen LogP contribution in [0.2, 0.25) is 0 Å². The first-order valence-corrected chi connectivity index (χ1v) is 8.88. The molecule has 0 unspecified atom stereocenters. The lowest BCUT2D eigenvalue weighted by Crippen LogP contribution is -2.16. The number of hydrogen-bond acceptors (Lipinski definition) is 3. The molecule has 0 fully saturated rings. The van der Waals surface area contributed by atoms with Crippen molar-refractivity contribution < 1.29 is 32.5 Å². The van der Waals surface area contributed by atoms with E-state index < -0.39 is 12.3 Å². The van der Waals surface area contributed by atoms with Crippen LogP contribution < -0.4 is 9.47 Å². The Morgan fingerprint density at radius 2 is 1.60 bits per heavy atom. The van der Waals surface area contributed by atoms with Crippen molar-refractivity contribution in [3.8, 4) is 22.6 Å².